The van der Waals surface area contributed by atoms with Gasteiger partial charge in [-0.1, -0.05) is 35.5 Å². The summed E-state index contributed by atoms with van der Waals surface area (Å²) >= 11 is 7.37. The second-order valence-corrected chi connectivity index (χ2v) is 7.76. The van der Waals surface area contributed by atoms with Gasteiger partial charge in [0.15, 0.2) is 17.5 Å². The van der Waals surface area contributed by atoms with Crippen LogP contribution in [0.15, 0.2) is 64.6 Å². The molecule has 2 aromatic carbocycles. The highest BCUT2D eigenvalue weighted by molar-refractivity contribution is 7.99. The molecule has 0 unspecified atom stereocenters. The fourth-order valence-corrected chi connectivity index (χ4v) is 3.72. The van der Waals surface area contributed by atoms with Crippen LogP contribution in [0.3, 0.4) is 0 Å². The molecule has 5 nitrogen and oxygen atoms in total. The summed E-state index contributed by atoms with van der Waals surface area (Å²) < 4.78 is 40.1. The lowest BCUT2D eigenvalue weighted by molar-refractivity contribution is -0.116. The van der Waals surface area contributed by atoms with Crippen molar-refractivity contribution in [3.05, 3.63) is 82.8 Å². The molecule has 1 heterocycles. The van der Waals surface area contributed by atoms with Crippen LogP contribution in [0.4, 0.5) is 18.9 Å². The molecule has 10 heteroatoms. The maximum Gasteiger partial charge on any atom is 0.256 e. The van der Waals surface area contributed by atoms with Crippen molar-refractivity contribution in [3.8, 4) is 0 Å². The number of anilines is 1. The van der Waals surface area contributed by atoms with Crippen LogP contribution in [-0.4, -0.2) is 35.3 Å². The molecular weight excluding hydrogens is 451 g/mol. The Morgan fingerprint density at radius 2 is 1.81 bits per heavy atom. The van der Waals surface area contributed by atoms with Gasteiger partial charge in [0.2, 0.25) is 5.91 Å². The molecule has 0 saturated carbocycles. The zero-order chi connectivity index (χ0) is 22.5. The zero-order valence-corrected chi connectivity index (χ0v) is 17.6. The summed E-state index contributed by atoms with van der Waals surface area (Å²) in [5.74, 6) is -5.89. The molecule has 0 spiro atoms. The number of aromatic nitrogens is 1. The Balaban J connectivity index is 1.73. The lowest BCUT2D eigenvalue weighted by Crippen LogP contribution is -2.35. The van der Waals surface area contributed by atoms with Crippen molar-refractivity contribution < 1.29 is 22.8 Å². The number of likely N-dealkylation sites (N-methyl/N-ethyl adjacent to an activating group) is 1. The molecule has 160 valence electrons. The lowest BCUT2D eigenvalue weighted by atomic mass is 10.2. The smallest absolute Gasteiger partial charge is 0.256 e. The first kappa shape index (κ1) is 22.6. The molecule has 1 aromatic heterocycles. The molecule has 0 aliphatic carbocycles. The van der Waals surface area contributed by atoms with Gasteiger partial charge in [0.1, 0.15) is 5.03 Å². The van der Waals surface area contributed by atoms with E-state index in [1.807, 2.05) is 0 Å². The molecule has 3 aromatic rings. The first-order chi connectivity index (χ1) is 14.8. The summed E-state index contributed by atoms with van der Waals surface area (Å²) in [5.41, 5.74) is -0.289. The zero-order valence-electron chi connectivity index (χ0n) is 16.0. The third-order valence-corrected chi connectivity index (χ3v) is 5.62. The average Bonchev–Trinajstić information content (AvgIpc) is 2.75. The van der Waals surface area contributed by atoms with Gasteiger partial charge in [-0.15, -0.1) is 0 Å². The van der Waals surface area contributed by atoms with Gasteiger partial charge in [-0.05, 0) is 36.4 Å². The number of nitrogens with one attached hydrogen (secondary N) is 1. The van der Waals surface area contributed by atoms with E-state index in [1.54, 1.807) is 36.4 Å². The number of amides is 2. The van der Waals surface area contributed by atoms with Gasteiger partial charge in [0.05, 0.1) is 22.8 Å². The third kappa shape index (κ3) is 5.36. The van der Waals surface area contributed by atoms with E-state index in [9.17, 15) is 22.8 Å². The normalized spacial score (nSPS) is 10.6. The SMILES string of the molecule is CN(CC(=O)Nc1ccc(F)c(F)c1F)C(=O)c1cccnc1Sc1ccccc1Cl. The van der Waals surface area contributed by atoms with Crippen molar-refractivity contribution in [3.63, 3.8) is 0 Å². The molecule has 31 heavy (non-hydrogen) atoms. The first-order valence-electron chi connectivity index (χ1n) is 8.84. The van der Waals surface area contributed by atoms with Crippen LogP contribution in [-0.2, 0) is 4.79 Å². The predicted octanol–water partition coefficient (Wildman–Crippen LogP) is 5.01. The lowest BCUT2D eigenvalue weighted by Gasteiger charge is -2.18. The van der Waals surface area contributed by atoms with E-state index >= 15 is 0 Å². The van der Waals surface area contributed by atoms with E-state index in [4.69, 9.17) is 11.6 Å². The van der Waals surface area contributed by atoms with Gasteiger partial charge in [-0.3, -0.25) is 9.59 Å². The maximum absolute atomic E-state index is 13.7. The molecule has 0 atom stereocenters. The Labute approximate surface area is 185 Å². The standard InChI is InChI=1S/C21H15ClF3N3O2S/c1-28(11-17(29)27-15-9-8-14(23)18(24)19(15)25)21(30)12-5-4-10-26-20(12)31-16-7-3-2-6-13(16)22/h2-10H,11H2,1H3,(H,27,29). The Morgan fingerprint density at radius 3 is 2.55 bits per heavy atom. The van der Waals surface area contributed by atoms with Crippen molar-refractivity contribution in [2.24, 2.45) is 0 Å². The summed E-state index contributed by atoms with van der Waals surface area (Å²) in [4.78, 5) is 31.1. The van der Waals surface area contributed by atoms with Gasteiger partial charge < -0.3 is 10.2 Å². The van der Waals surface area contributed by atoms with Crippen LogP contribution in [0.1, 0.15) is 10.4 Å². The third-order valence-electron chi connectivity index (χ3n) is 4.08. The highest BCUT2D eigenvalue weighted by Gasteiger charge is 2.21. The van der Waals surface area contributed by atoms with Gasteiger partial charge in [-0.2, -0.15) is 0 Å². The van der Waals surface area contributed by atoms with Crippen LogP contribution in [0.2, 0.25) is 5.02 Å². The molecule has 0 bridgehead atoms. The molecule has 0 radical (unpaired) electrons. The monoisotopic (exact) mass is 465 g/mol. The number of carbonyl (C=O) groups excluding carboxylic acids is 2. The van der Waals surface area contributed by atoms with Crippen LogP contribution in [0.25, 0.3) is 0 Å². The van der Waals surface area contributed by atoms with E-state index < -0.39 is 41.5 Å². The maximum atomic E-state index is 13.7. The predicted molar refractivity (Wildman–Crippen MR) is 112 cm³/mol. The van der Waals surface area contributed by atoms with Crippen molar-refractivity contribution in [2.45, 2.75) is 9.92 Å². The van der Waals surface area contributed by atoms with Gasteiger partial charge in [0.25, 0.3) is 5.91 Å². The molecule has 2 amide bonds. The van der Waals surface area contributed by atoms with Crippen LogP contribution in [0, 0.1) is 17.5 Å². The largest absolute Gasteiger partial charge is 0.332 e. The highest BCUT2D eigenvalue weighted by atomic mass is 35.5. The van der Waals surface area contributed by atoms with Crippen LogP contribution < -0.4 is 5.32 Å². The number of rotatable bonds is 6. The quantitative estimate of drug-likeness (QED) is 0.519. The van der Waals surface area contributed by atoms with Crippen molar-refractivity contribution in [1.82, 2.24) is 9.88 Å². The number of halogens is 4. The molecule has 0 fully saturated rings. The van der Waals surface area contributed by atoms with Gasteiger partial charge in [0, 0.05) is 18.1 Å². The number of pyridine rings is 1. The minimum atomic E-state index is -1.70. The van der Waals surface area contributed by atoms with E-state index in [2.05, 4.69) is 10.3 Å². The number of hydrogen-bond donors (Lipinski definition) is 1. The van der Waals surface area contributed by atoms with Gasteiger partial charge >= 0.3 is 0 Å². The van der Waals surface area contributed by atoms with Crippen LogP contribution in [0.5, 0.6) is 0 Å². The van der Waals surface area contributed by atoms with E-state index in [-0.39, 0.29) is 5.56 Å². The molecule has 0 saturated heterocycles. The number of benzene rings is 2. The molecule has 3 rings (SSSR count). The first-order valence-corrected chi connectivity index (χ1v) is 10.0. The summed E-state index contributed by atoms with van der Waals surface area (Å²) in [6.07, 6.45) is 1.52. The number of hydrogen-bond acceptors (Lipinski definition) is 4. The minimum Gasteiger partial charge on any atom is -0.332 e. The van der Waals surface area contributed by atoms with E-state index in [1.165, 1.54) is 25.0 Å². The summed E-state index contributed by atoms with van der Waals surface area (Å²) in [6.45, 7) is -0.456. The van der Waals surface area contributed by atoms with Crippen molar-refractivity contribution in [1.29, 1.82) is 0 Å². The topological polar surface area (TPSA) is 62.3 Å². The molecule has 0 aliphatic rings. The Morgan fingerprint density at radius 1 is 1.06 bits per heavy atom. The van der Waals surface area contributed by atoms with E-state index in [0.29, 0.717) is 21.0 Å². The van der Waals surface area contributed by atoms with Crippen LogP contribution >= 0.6 is 23.4 Å². The Bertz CT molecular complexity index is 1150. The molecule has 0 aliphatic heterocycles. The average molecular weight is 466 g/mol. The summed E-state index contributed by atoms with van der Waals surface area (Å²) in [7, 11) is 1.38. The van der Waals surface area contributed by atoms with Crippen molar-refractivity contribution in [2.75, 3.05) is 18.9 Å². The molecular formula is C21H15ClF3N3O2S. The number of carbonyl (C=O) groups is 2. The summed E-state index contributed by atoms with van der Waals surface area (Å²) in [5, 5.41) is 3.01. The highest BCUT2D eigenvalue weighted by Crippen LogP contribution is 2.33. The second-order valence-electron chi connectivity index (χ2n) is 6.32. The van der Waals surface area contributed by atoms with Gasteiger partial charge in [-0.25, -0.2) is 18.2 Å². The minimum absolute atomic E-state index is 0.238. The Hall–Kier alpha value is -3.04. The fourth-order valence-electron chi connectivity index (χ4n) is 2.57. The van der Waals surface area contributed by atoms with E-state index in [0.717, 1.165) is 11.0 Å². The Kier molecular flexibility index (Phi) is 7.19. The second kappa shape index (κ2) is 9.84. The summed E-state index contributed by atoms with van der Waals surface area (Å²) in [6, 6.07) is 11.8. The van der Waals surface area contributed by atoms with Crippen molar-refractivity contribution >= 4 is 40.9 Å². The fraction of sp³-hybridized carbons (Fsp3) is 0.0952. The number of nitrogens with zero attached hydrogens (tertiary/aromatic N) is 2. The molecule has 1 N–H and O–H groups in total.